The monoisotopic (exact) mass is 517 g/mol. The zero-order valence-corrected chi connectivity index (χ0v) is 22.4. The molecule has 1 unspecified atom stereocenters. The minimum absolute atomic E-state index is 0.120. The lowest BCUT2D eigenvalue weighted by Gasteiger charge is -2.31. The van der Waals surface area contributed by atoms with Gasteiger partial charge in [0.15, 0.2) is 0 Å². The van der Waals surface area contributed by atoms with Crippen molar-refractivity contribution in [3.05, 3.63) is 136 Å². The fourth-order valence-electron chi connectivity index (χ4n) is 4.81. The van der Waals surface area contributed by atoms with Crippen molar-refractivity contribution in [2.45, 2.75) is 33.4 Å². The van der Waals surface area contributed by atoms with Gasteiger partial charge < -0.3 is 9.64 Å². The maximum absolute atomic E-state index is 14.1. The van der Waals surface area contributed by atoms with Crippen LogP contribution in [0.25, 0.3) is 16.6 Å². The van der Waals surface area contributed by atoms with E-state index in [-0.39, 0.29) is 11.5 Å². The van der Waals surface area contributed by atoms with E-state index in [2.05, 4.69) is 0 Å². The Kier molecular flexibility index (Phi) is 7.55. The lowest BCUT2D eigenvalue weighted by Crippen LogP contribution is -2.37. The van der Waals surface area contributed by atoms with Gasteiger partial charge in [-0.3, -0.25) is 14.2 Å². The van der Waals surface area contributed by atoms with Crippen molar-refractivity contribution in [2.24, 2.45) is 0 Å². The van der Waals surface area contributed by atoms with E-state index in [9.17, 15) is 9.59 Å². The Morgan fingerprint density at radius 1 is 0.897 bits per heavy atom. The topological polar surface area (TPSA) is 64.4 Å². The minimum Gasteiger partial charge on any atom is -0.494 e. The summed E-state index contributed by atoms with van der Waals surface area (Å²) in [5.41, 5.74) is 3.57. The highest BCUT2D eigenvalue weighted by atomic mass is 16.5. The molecule has 0 aliphatic carbocycles. The number of hydrogen-bond acceptors (Lipinski definition) is 4. The molecule has 0 aliphatic heterocycles. The second-order valence-corrected chi connectivity index (χ2v) is 9.46. The molecule has 5 aromatic rings. The molecule has 0 bridgehead atoms. The highest BCUT2D eigenvalue weighted by molar-refractivity contribution is 5.96. The second kappa shape index (κ2) is 11.4. The third-order valence-electron chi connectivity index (χ3n) is 6.88. The number of amides is 1. The average molecular weight is 518 g/mol. The molecular weight excluding hydrogens is 486 g/mol. The predicted molar refractivity (Wildman–Crippen MR) is 154 cm³/mol. The van der Waals surface area contributed by atoms with Gasteiger partial charge in [0.25, 0.3) is 11.5 Å². The fourth-order valence-corrected chi connectivity index (χ4v) is 4.81. The highest BCUT2D eigenvalue weighted by Gasteiger charge is 2.28. The summed E-state index contributed by atoms with van der Waals surface area (Å²) < 4.78 is 7.23. The van der Waals surface area contributed by atoms with Crippen LogP contribution in [0.1, 0.15) is 47.2 Å². The molecule has 0 radical (unpaired) electrons. The first-order valence-electron chi connectivity index (χ1n) is 13.1. The Hall–Kier alpha value is -4.71. The largest absolute Gasteiger partial charge is 0.494 e. The van der Waals surface area contributed by atoms with Crippen molar-refractivity contribution in [3.8, 4) is 11.4 Å². The van der Waals surface area contributed by atoms with E-state index < -0.39 is 6.04 Å². The molecule has 5 rings (SSSR count). The first-order valence-corrected chi connectivity index (χ1v) is 13.1. The SMILES string of the molecule is CCOc1ccc(-n2c(C(C)N(Cc3ccccc3)C(=O)c3ccccc3C)nc3ccccc3c2=O)cc1. The van der Waals surface area contributed by atoms with Gasteiger partial charge in [-0.2, -0.15) is 0 Å². The molecule has 39 heavy (non-hydrogen) atoms. The maximum Gasteiger partial charge on any atom is 0.266 e. The van der Waals surface area contributed by atoms with Crippen LogP contribution in [-0.4, -0.2) is 27.0 Å². The van der Waals surface area contributed by atoms with Gasteiger partial charge in [-0.1, -0.05) is 60.7 Å². The normalized spacial score (nSPS) is 11.8. The zero-order valence-electron chi connectivity index (χ0n) is 22.4. The second-order valence-electron chi connectivity index (χ2n) is 9.46. The van der Waals surface area contributed by atoms with Crippen LogP contribution in [0.4, 0.5) is 0 Å². The number of benzene rings is 4. The Labute approximate surface area is 228 Å². The third-order valence-corrected chi connectivity index (χ3v) is 6.88. The van der Waals surface area contributed by atoms with E-state index in [1.807, 2.05) is 118 Å². The number of aromatic nitrogens is 2. The standard InChI is InChI=1S/C33H31N3O3/c1-4-39-27-20-18-26(19-21-27)36-31(34-30-17-11-10-16-29(30)33(36)38)24(3)35(22-25-13-6-5-7-14-25)32(37)28-15-9-8-12-23(28)2/h5-21,24H,4,22H2,1-3H3. The van der Waals surface area contributed by atoms with Crippen LogP contribution >= 0.6 is 0 Å². The van der Waals surface area contributed by atoms with E-state index >= 15 is 0 Å². The maximum atomic E-state index is 14.1. The zero-order chi connectivity index (χ0) is 27.4. The molecule has 1 atom stereocenters. The van der Waals surface area contributed by atoms with E-state index in [1.54, 1.807) is 15.5 Å². The summed E-state index contributed by atoms with van der Waals surface area (Å²) in [6, 6.07) is 31.6. The molecule has 6 nitrogen and oxygen atoms in total. The van der Waals surface area contributed by atoms with Crippen LogP contribution in [0.2, 0.25) is 0 Å². The van der Waals surface area contributed by atoms with E-state index in [0.29, 0.717) is 41.1 Å². The molecule has 0 saturated heterocycles. The van der Waals surface area contributed by atoms with Gasteiger partial charge in [-0.15, -0.1) is 0 Å². The molecule has 6 heteroatoms. The molecule has 0 saturated carbocycles. The van der Waals surface area contributed by atoms with Crippen molar-refractivity contribution in [3.63, 3.8) is 0 Å². The quantitative estimate of drug-likeness (QED) is 0.236. The Balaban J connectivity index is 1.69. The molecule has 4 aromatic carbocycles. The summed E-state index contributed by atoms with van der Waals surface area (Å²) in [5.74, 6) is 1.09. The van der Waals surface area contributed by atoms with Gasteiger partial charge in [0, 0.05) is 12.1 Å². The fraction of sp³-hybridized carbons (Fsp3) is 0.182. The van der Waals surface area contributed by atoms with Gasteiger partial charge >= 0.3 is 0 Å². The Morgan fingerprint density at radius 3 is 2.28 bits per heavy atom. The summed E-state index contributed by atoms with van der Waals surface area (Å²) in [4.78, 5) is 34.8. The summed E-state index contributed by atoms with van der Waals surface area (Å²) in [6.07, 6.45) is 0. The minimum atomic E-state index is -0.527. The summed E-state index contributed by atoms with van der Waals surface area (Å²) in [6.45, 7) is 6.71. The van der Waals surface area contributed by atoms with Crippen LogP contribution in [-0.2, 0) is 6.54 Å². The van der Waals surface area contributed by atoms with Crippen LogP contribution in [0.15, 0.2) is 108 Å². The summed E-state index contributed by atoms with van der Waals surface area (Å²) in [7, 11) is 0. The number of carbonyl (C=O) groups is 1. The first-order chi connectivity index (χ1) is 19.0. The van der Waals surface area contributed by atoms with E-state index in [4.69, 9.17) is 9.72 Å². The molecule has 0 spiro atoms. The number of fused-ring (bicyclic) bond motifs is 1. The molecular formula is C33H31N3O3. The smallest absolute Gasteiger partial charge is 0.266 e. The number of aryl methyl sites for hydroxylation is 1. The molecule has 1 heterocycles. The van der Waals surface area contributed by atoms with E-state index in [0.717, 1.165) is 16.9 Å². The Bertz CT molecular complexity index is 1660. The number of hydrogen-bond donors (Lipinski definition) is 0. The highest BCUT2D eigenvalue weighted by Crippen LogP contribution is 2.27. The molecule has 1 aromatic heterocycles. The Morgan fingerprint density at radius 2 is 1.56 bits per heavy atom. The van der Waals surface area contributed by atoms with Gasteiger partial charge in [-0.05, 0) is 74.4 Å². The van der Waals surface area contributed by atoms with Crippen LogP contribution in [0.3, 0.4) is 0 Å². The third kappa shape index (κ3) is 5.32. The van der Waals surface area contributed by atoms with Gasteiger partial charge in [0.05, 0.1) is 29.2 Å². The van der Waals surface area contributed by atoms with Crippen molar-refractivity contribution >= 4 is 16.8 Å². The summed E-state index contributed by atoms with van der Waals surface area (Å²) >= 11 is 0. The first kappa shape index (κ1) is 25.9. The number of para-hydroxylation sites is 1. The molecule has 1 amide bonds. The molecule has 0 fully saturated rings. The number of nitrogens with zero attached hydrogens (tertiary/aromatic N) is 3. The lowest BCUT2D eigenvalue weighted by atomic mass is 10.1. The van der Waals surface area contributed by atoms with Gasteiger partial charge in [0.2, 0.25) is 0 Å². The van der Waals surface area contributed by atoms with Crippen molar-refractivity contribution in [1.29, 1.82) is 0 Å². The lowest BCUT2D eigenvalue weighted by molar-refractivity contribution is 0.0663. The van der Waals surface area contributed by atoms with Crippen molar-refractivity contribution < 1.29 is 9.53 Å². The molecule has 196 valence electrons. The van der Waals surface area contributed by atoms with Crippen molar-refractivity contribution in [1.82, 2.24) is 14.5 Å². The van der Waals surface area contributed by atoms with Crippen LogP contribution in [0, 0.1) is 6.92 Å². The molecule has 0 N–H and O–H groups in total. The number of carbonyl (C=O) groups excluding carboxylic acids is 1. The number of rotatable bonds is 8. The molecule has 0 aliphatic rings. The predicted octanol–water partition coefficient (Wildman–Crippen LogP) is 6.50. The number of ether oxygens (including phenoxy) is 1. The van der Waals surface area contributed by atoms with Crippen LogP contribution in [0.5, 0.6) is 5.75 Å². The van der Waals surface area contributed by atoms with E-state index in [1.165, 1.54) is 0 Å². The summed E-state index contributed by atoms with van der Waals surface area (Å²) in [5, 5.41) is 0.516. The van der Waals surface area contributed by atoms with Crippen molar-refractivity contribution in [2.75, 3.05) is 6.61 Å². The van der Waals surface area contributed by atoms with Gasteiger partial charge in [0.1, 0.15) is 11.6 Å². The van der Waals surface area contributed by atoms with Crippen LogP contribution < -0.4 is 10.3 Å². The van der Waals surface area contributed by atoms with Gasteiger partial charge in [-0.25, -0.2) is 4.98 Å². The average Bonchev–Trinajstić information content (AvgIpc) is 2.97.